The second kappa shape index (κ2) is 9.80. The maximum Gasteiger partial charge on any atom is 0.279 e. The smallest absolute Gasteiger partial charge is 0.279 e. The van der Waals surface area contributed by atoms with Crippen molar-refractivity contribution in [3.05, 3.63) is 101 Å². The first kappa shape index (κ1) is 20.5. The van der Waals surface area contributed by atoms with Gasteiger partial charge in [0.15, 0.2) is 12.3 Å². The number of likely N-dealkylation sites (N-methyl/N-ethyl adjacent to an activating group) is 1. The number of rotatable bonds is 8. The highest BCUT2D eigenvalue weighted by atomic mass is 16.2. The molecule has 0 saturated carbocycles. The zero-order valence-corrected chi connectivity index (χ0v) is 16.9. The molecule has 0 radical (unpaired) electrons. The Hall–Kier alpha value is -3.24. The van der Waals surface area contributed by atoms with Gasteiger partial charge in [-0.15, -0.1) is 0 Å². The molecule has 0 bridgehead atoms. The van der Waals surface area contributed by atoms with E-state index in [-0.39, 0.29) is 11.7 Å². The van der Waals surface area contributed by atoms with E-state index in [1.165, 1.54) is 11.1 Å². The standard InChI is InChI=1S/C25H26N2O2/c1-3-19-13-15-20(16-14-19)17-27(2)18-24(28)26-23-12-8-7-11-22(23)25(29)21-9-5-4-6-10-21/h4-16H,3,17-18H2,1-2H3,(H,26,28)/p+1. The third kappa shape index (κ3) is 5.62. The van der Waals surface area contributed by atoms with Gasteiger partial charge in [-0.25, -0.2) is 0 Å². The molecule has 3 rings (SSSR count). The van der Waals surface area contributed by atoms with Crippen LogP contribution in [0.3, 0.4) is 0 Å². The first-order valence-corrected chi connectivity index (χ1v) is 9.94. The van der Waals surface area contributed by atoms with Crippen molar-refractivity contribution in [2.24, 2.45) is 0 Å². The Balaban J connectivity index is 1.64. The molecule has 0 heterocycles. The first-order valence-electron chi connectivity index (χ1n) is 9.94. The molecule has 148 valence electrons. The number of nitrogens with one attached hydrogen (secondary N) is 2. The molecular formula is C25H27N2O2+. The molecule has 0 aromatic heterocycles. The van der Waals surface area contributed by atoms with Crippen LogP contribution < -0.4 is 10.2 Å². The summed E-state index contributed by atoms with van der Waals surface area (Å²) in [5, 5.41) is 2.92. The van der Waals surface area contributed by atoms with Crippen LogP contribution in [0.5, 0.6) is 0 Å². The van der Waals surface area contributed by atoms with Gasteiger partial charge in [0.25, 0.3) is 5.91 Å². The van der Waals surface area contributed by atoms with Gasteiger partial charge in [-0.2, -0.15) is 0 Å². The lowest BCUT2D eigenvalue weighted by atomic mass is 10.0. The fraction of sp³-hybridized carbons (Fsp3) is 0.200. The molecule has 1 amide bonds. The summed E-state index contributed by atoms with van der Waals surface area (Å²) in [6, 6.07) is 24.8. The summed E-state index contributed by atoms with van der Waals surface area (Å²) in [6.45, 7) is 3.22. The van der Waals surface area contributed by atoms with Crippen LogP contribution in [0.2, 0.25) is 0 Å². The van der Waals surface area contributed by atoms with Crippen LogP contribution in [-0.2, 0) is 17.8 Å². The molecule has 0 saturated heterocycles. The van der Waals surface area contributed by atoms with Gasteiger partial charge in [-0.1, -0.05) is 73.7 Å². The highest BCUT2D eigenvalue weighted by Gasteiger charge is 2.16. The predicted molar refractivity (Wildman–Crippen MR) is 116 cm³/mol. The number of carbonyl (C=O) groups excluding carboxylic acids is 2. The molecule has 1 atom stereocenters. The minimum atomic E-state index is -0.110. The van der Waals surface area contributed by atoms with Crippen molar-refractivity contribution < 1.29 is 14.5 Å². The maximum atomic E-state index is 12.8. The van der Waals surface area contributed by atoms with Crippen molar-refractivity contribution in [2.75, 3.05) is 18.9 Å². The zero-order valence-electron chi connectivity index (χ0n) is 16.9. The molecule has 0 aliphatic carbocycles. The van der Waals surface area contributed by atoms with E-state index in [1.807, 2.05) is 37.4 Å². The number of carbonyl (C=O) groups is 2. The summed E-state index contributed by atoms with van der Waals surface area (Å²) in [5.41, 5.74) is 4.16. The number of aryl methyl sites for hydroxylation is 1. The zero-order chi connectivity index (χ0) is 20.6. The van der Waals surface area contributed by atoms with E-state index in [0.717, 1.165) is 17.9 Å². The van der Waals surface area contributed by atoms with E-state index >= 15 is 0 Å². The van der Waals surface area contributed by atoms with Gasteiger partial charge in [-0.05, 0) is 24.1 Å². The minimum absolute atomic E-state index is 0.0989. The molecule has 0 aliphatic heterocycles. The number of ketones is 1. The average Bonchev–Trinajstić information content (AvgIpc) is 2.74. The van der Waals surface area contributed by atoms with E-state index in [1.54, 1.807) is 24.3 Å². The molecule has 2 N–H and O–H groups in total. The molecule has 0 fully saturated rings. The number of para-hydroxylation sites is 1. The second-order valence-electron chi connectivity index (χ2n) is 7.27. The van der Waals surface area contributed by atoms with E-state index in [0.29, 0.717) is 23.4 Å². The number of quaternary nitrogens is 1. The number of hydrogen-bond acceptors (Lipinski definition) is 2. The van der Waals surface area contributed by atoms with Gasteiger partial charge in [0.2, 0.25) is 0 Å². The van der Waals surface area contributed by atoms with Crippen LogP contribution in [0.15, 0.2) is 78.9 Å². The number of benzene rings is 3. The maximum absolute atomic E-state index is 12.8. The van der Waals surface area contributed by atoms with Crippen molar-refractivity contribution >= 4 is 17.4 Å². The van der Waals surface area contributed by atoms with Crippen LogP contribution in [0.1, 0.15) is 34.0 Å². The van der Waals surface area contributed by atoms with Gasteiger partial charge in [0, 0.05) is 16.7 Å². The minimum Gasteiger partial charge on any atom is -0.326 e. The van der Waals surface area contributed by atoms with E-state index in [4.69, 9.17) is 0 Å². The van der Waals surface area contributed by atoms with Crippen molar-refractivity contribution in [3.63, 3.8) is 0 Å². The predicted octanol–water partition coefficient (Wildman–Crippen LogP) is 3.13. The highest BCUT2D eigenvalue weighted by Crippen LogP contribution is 2.19. The Bertz CT molecular complexity index is 966. The van der Waals surface area contributed by atoms with Crippen LogP contribution >= 0.6 is 0 Å². The summed E-state index contributed by atoms with van der Waals surface area (Å²) in [7, 11) is 1.99. The Labute approximate surface area is 172 Å². The van der Waals surface area contributed by atoms with E-state index in [9.17, 15) is 9.59 Å². The van der Waals surface area contributed by atoms with Gasteiger partial charge in [0.1, 0.15) is 6.54 Å². The Kier molecular flexibility index (Phi) is 6.93. The van der Waals surface area contributed by atoms with Crippen LogP contribution in [0, 0.1) is 0 Å². The molecule has 4 nitrogen and oxygen atoms in total. The molecule has 1 unspecified atom stereocenters. The van der Waals surface area contributed by atoms with Crippen LogP contribution in [0.25, 0.3) is 0 Å². The Morgan fingerprint density at radius 1 is 0.828 bits per heavy atom. The quantitative estimate of drug-likeness (QED) is 0.584. The SMILES string of the molecule is CCc1ccc(C[NH+](C)CC(=O)Nc2ccccc2C(=O)c2ccccc2)cc1. The molecule has 0 spiro atoms. The van der Waals surface area contributed by atoms with Gasteiger partial charge < -0.3 is 10.2 Å². The Morgan fingerprint density at radius 2 is 1.45 bits per heavy atom. The topological polar surface area (TPSA) is 50.6 Å². The van der Waals surface area contributed by atoms with Crippen LogP contribution in [0.4, 0.5) is 5.69 Å². The van der Waals surface area contributed by atoms with Gasteiger partial charge in [0.05, 0.1) is 12.7 Å². The first-order chi connectivity index (χ1) is 14.1. The van der Waals surface area contributed by atoms with Gasteiger partial charge in [-0.3, -0.25) is 9.59 Å². The molecular weight excluding hydrogens is 360 g/mol. The van der Waals surface area contributed by atoms with Gasteiger partial charge >= 0.3 is 0 Å². The van der Waals surface area contributed by atoms with Crippen molar-refractivity contribution in [1.82, 2.24) is 0 Å². The molecule has 3 aromatic carbocycles. The third-order valence-electron chi connectivity index (χ3n) is 4.88. The fourth-order valence-corrected chi connectivity index (χ4v) is 3.31. The number of hydrogen-bond donors (Lipinski definition) is 2. The summed E-state index contributed by atoms with van der Waals surface area (Å²) < 4.78 is 0. The number of amides is 1. The lowest BCUT2D eigenvalue weighted by molar-refractivity contribution is -0.885. The lowest BCUT2D eigenvalue weighted by Gasteiger charge is -2.15. The largest absolute Gasteiger partial charge is 0.326 e. The Morgan fingerprint density at radius 3 is 2.14 bits per heavy atom. The third-order valence-corrected chi connectivity index (χ3v) is 4.88. The fourth-order valence-electron chi connectivity index (χ4n) is 3.31. The summed E-state index contributed by atoms with van der Waals surface area (Å²) in [5.74, 6) is -0.209. The second-order valence-corrected chi connectivity index (χ2v) is 7.27. The summed E-state index contributed by atoms with van der Waals surface area (Å²) >= 11 is 0. The average molecular weight is 388 g/mol. The van der Waals surface area contributed by atoms with E-state index < -0.39 is 0 Å². The lowest BCUT2D eigenvalue weighted by Crippen LogP contribution is -3.08. The highest BCUT2D eigenvalue weighted by molar-refractivity contribution is 6.13. The van der Waals surface area contributed by atoms with Crippen molar-refractivity contribution in [1.29, 1.82) is 0 Å². The molecule has 4 heteroatoms. The van der Waals surface area contributed by atoms with E-state index in [2.05, 4.69) is 36.5 Å². The summed E-state index contributed by atoms with van der Waals surface area (Å²) in [6.07, 6.45) is 1.02. The van der Waals surface area contributed by atoms with Crippen molar-refractivity contribution in [3.8, 4) is 0 Å². The normalized spacial score (nSPS) is 11.7. The molecule has 0 aliphatic rings. The summed E-state index contributed by atoms with van der Waals surface area (Å²) in [4.78, 5) is 26.5. The molecule has 3 aromatic rings. The molecule has 29 heavy (non-hydrogen) atoms. The monoisotopic (exact) mass is 387 g/mol. The van der Waals surface area contributed by atoms with Crippen LogP contribution in [-0.4, -0.2) is 25.3 Å². The number of anilines is 1. The van der Waals surface area contributed by atoms with Crippen molar-refractivity contribution in [2.45, 2.75) is 19.9 Å².